The molecule has 0 unspecified atom stereocenters. The Hall–Kier alpha value is -5.66. The van der Waals surface area contributed by atoms with Gasteiger partial charge in [-0.05, 0) is 26.2 Å². The molecule has 0 aromatic carbocycles. The molecule has 284 valence electrons. The van der Waals surface area contributed by atoms with Crippen LogP contribution in [0.15, 0.2) is 24.9 Å². The largest absolute Gasteiger partial charge is 0.481 e. The second-order valence-electron chi connectivity index (χ2n) is 11.4. The van der Waals surface area contributed by atoms with Crippen molar-refractivity contribution in [3.05, 3.63) is 24.9 Å². The number of hydrogen-bond acceptors (Lipinski definition) is 12. The van der Waals surface area contributed by atoms with E-state index in [0.717, 1.165) is 6.92 Å². The Morgan fingerprint density at radius 1 is 0.824 bits per heavy atom. The predicted octanol–water partition coefficient (Wildman–Crippen LogP) is -3.45. The summed E-state index contributed by atoms with van der Waals surface area (Å²) in [6, 6.07) is -7.71. The molecule has 0 saturated carbocycles. The van der Waals surface area contributed by atoms with Crippen LogP contribution in [0.4, 0.5) is 0 Å². The van der Waals surface area contributed by atoms with Crippen molar-refractivity contribution in [3.63, 3.8) is 0 Å². The molecule has 0 spiro atoms. The van der Waals surface area contributed by atoms with Crippen LogP contribution in [0.3, 0.4) is 0 Å². The second kappa shape index (κ2) is 22.1. The molecular formula is C31H47N7O13. The Morgan fingerprint density at radius 3 is 1.92 bits per heavy atom. The first-order valence-electron chi connectivity index (χ1n) is 15.6. The molecule has 0 aromatic heterocycles. The first-order chi connectivity index (χ1) is 23.7. The number of aliphatic hydroxyl groups is 1. The van der Waals surface area contributed by atoms with Crippen molar-refractivity contribution in [1.82, 2.24) is 31.9 Å². The van der Waals surface area contributed by atoms with Crippen molar-refractivity contribution in [3.8, 4) is 0 Å². The zero-order valence-corrected chi connectivity index (χ0v) is 29.0. The van der Waals surface area contributed by atoms with E-state index >= 15 is 0 Å². The lowest BCUT2D eigenvalue weighted by Crippen LogP contribution is -2.59. The molecule has 0 aliphatic heterocycles. The van der Waals surface area contributed by atoms with Crippen LogP contribution in [-0.2, 0) is 52.7 Å². The maximum absolute atomic E-state index is 12.9. The number of esters is 1. The number of primary amides is 1. The minimum absolute atomic E-state index is 0.112. The molecule has 0 aliphatic rings. The fraction of sp³-hybridized carbons (Fsp3) is 0.548. The number of nitrogens with one attached hydrogen (secondary N) is 6. The quantitative estimate of drug-likeness (QED) is 0.0214. The van der Waals surface area contributed by atoms with Crippen molar-refractivity contribution >= 4 is 59.1 Å². The summed E-state index contributed by atoms with van der Waals surface area (Å²) in [5.41, 5.74) is 4.59. The number of nitrogens with two attached hydrogens (primary N) is 1. The number of carboxylic acid groups (broad SMARTS) is 1. The fourth-order valence-corrected chi connectivity index (χ4v) is 4.06. The van der Waals surface area contributed by atoms with Crippen LogP contribution >= 0.6 is 0 Å². The highest BCUT2D eigenvalue weighted by atomic mass is 16.5. The second-order valence-corrected chi connectivity index (χ2v) is 11.4. The van der Waals surface area contributed by atoms with Gasteiger partial charge in [0.15, 0.2) is 0 Å². The number of aliphatic hydroxyl groups excluding tert-OH is 1. The SMILES string of the molecule is C=CCOC(=O)CC[C@H](NC(=O)[C@H](CC(=O)O)NC(=O)C(=O)[C@H](C)NC(=O)C(=C)NC(=O)[C@@H](NC(=O)[C@@H](NC(C)=O)[C@@H](C)CC)[C@@H](C)O)C(N)=O. The van der Waals surface area contributed by atoms with Gasteiger partial charge in [-0.25, -0.2) is 0 Å². The molecule has 0 radical (unpaired) electrons. The van der Waals surface area contributed by atoms with E-state index in [1.807, 2.05) is 5.32 Å². The first kappa shape index (κ1) is 45.3. The number of carbonyl (C=O) groups excluding carboxylic acids is 9. The molecule has 0 bridgehead atoms. The molecule has 0 aromatic rings. The molecule has 0 rings (SSSR count). The summed E-state index contributed by atoms with van der Waals surface area (Å²) >= 11 is 0. The van der Waals surface area contributed by atoms with Gasteiger partial charge in [0.1, 0.15) is 30.8 Å². The van der Waals surface area contributed by atoms with Gasteiger partial charge in [-0.3, -0.25) is 47.9 Å². The Balaban J connectivity index is 5.53. The average Bonchev–Trinajstić information content (AvgIpc) is 3.04. The number of ether oxygens (including phenoxy) is 1. The molecule has 7 atom stereocenters. The van der Waals surface area contributed by atoms with E-state index in [1.165, 1.54) is 19.9 Å². The molecule has 0 heterocycles. The Morgan fingerprint density at radius 2 is 1.43 bits per heavy atom. The van der Waals surface area contributed by atoms with E-state index in [2.05, 4.69) is 39.7 Å². The topological polar surface area (TPSA) is 319 Å². The molecule has 0 fully saturated rings. The minimum Gasteiger partial charge on any atom is -0.481 e. The minimum atomic E-state index is -1.91. The van der Waals surface area contributed by atoms with Crippen molar-refractivity contribution in [2.75, 3.05) is 6.61 Å². The zero-order chi connectivity index (χ0) is 39.6. The van der Waals surface area contributed by atoms with Crippen LogP contribution in [0.2, 0.25) is 0 Å². The third kappa shape index (κ3) is 16.5. The molecule has 0 saturated heterocycles. The molecule has 7 amide bonds. The lowest BCUT2D eigenvalue weighted by atomic mass is 9.97. The van der Waals surface area contributed by atoms with Crippen molar-refractivity contribution in [2.24, 2.45) is 11.7 Å². The molecule has 20 nitrogen and oxygen atoms in total. The summed E-state index contributed by atoms with van der Waals surface area (Å²) in [6.07, 6.45) is -1.47. The summed E-state index contributed by atoms with van der Waals surface area (Å²) in [4.78, 5) is 123. The number of hydrogen-bond donors (Lipinski definition) is 9. The van der Waals surface area contributed by atoms with Crippen molar-refractivity contribution in [1.29, 1.82) is 0 Å². The van der Waals surface area contributed by atoms with Gasteiger partial charge in [-0.2, -0.15) is 0 Å². The molecule has 20 heteroatoms. The van der Waals surface area contributed by atoms with Gasteiger partial charge in [0.2, 0.25) is 35.3 Å². The maximum atomic E-state index is 12.9. The van der Waals surface area contributed by atoms with Crippen LogP contribution in [0, 0.1) is 5.92 Å². The van der Waals surface area contributed by atoms with Gasteiger partial charge in [0.25, 0.3) is 11.8 Å². The van der Waals surface area contributed by atoms with Crippen molar-refractivity contribution < 1.29 is 62.9 Å². The summed E-state index contributed by atoms with van der Waals surface area (Å²) in [7, 11) is 0. The van der Waals surface area contributed by atoms with Gasteiger partial charge in [-0.15, -0.1) is 0 Å². The standard InChI is InChI=1S/C31H47N7O13/c1-8-12-51-22(43)11-10-19(26(32)45)36-28(47)20(13-21(41)42)37-31(50)25(44)15(4)33-27(46)16(5)34-30(49)24(17(6)39)38-29(48)23(14(3)9-2)35-18(7)40/h8,14-15,17,19-20,23-24,39H,1,5,9-13H2,2-4,6-7H3,(H2,32,45)(H,33,46)(H,34,49)(H,35,40)(H,36,47)(H,37,50)(H,38,48)(H,41,42)/t14-,15-,17+,19-,20-,23-,24-/m0/s1. The number of rotatable bonds is 23. The van der Waals surface area contributed by atoms with Crippen LogP contribution < -0.4 is 37.6 Å². The smallest absolute Gasteiger partial charge is 0.306 e. The van der Waals surface area contributed by atoms with E-state index in [4.69, 9.17) is 10.5 Å². The lowest BCUT2D eigenvalue weighted by molar-refractivity contribution is -0.144. The highest BCUT2D eigenvalue weighted by molar-refractivity contribution is 6.38. The van der Waals surface area contributed by atoms with E-state index in [9.17, 15) is 58.2 Å². The van der Waals surface area contributed by atoms with Crippen LogP contribution in [0.5, 0.6) is 0 Å². The van der Waals surface area contributed by atoms with E-state index in [1.54, 1.807) is 13.8 Å². The summed E-state index contributed by atoms with van der Waals surface area (Å²) < 4.78 is 4.76. The molecule has 10 N–H and O–H groups in total. The Kier molecular flexibility index (Phi) is 19.7. The highest BCUT2D eigenvalue weighted by Crippen LogP contribution is 2.09. The van der Waals surface area contributed by atoms with Gasteiger partial charge in [0.05, 0.1) is 24.3 Å². The van der Waals surface area contributed by atoms with Gasteiger partial charge >= 0.3 is 11.9 Å². The Labute approximate surface area is 293 Å². The maximum Gasteiger partial charge on any atom is 0.306 e. The summed E-state index contributed by atoms with van der Waals surface area (Å²) in [6.45, 7) is 13.5. The zero-order valence-electron chi connectivity index (χ0n) is 29.0. The first-order valence-corrected chi connectivity index (χ1v) is 15.6. The number of ketones is 1. The average molecular weight is 726 g/mol. The van der Waals surface area contributed by atoms with Gasteiger partial charge < -0.3 is 52.6 Å². The third-order valence-electron chi connectivity index (χ3n) is 7.09. The van der Waals surface area contributed by atoms with E-state index in [0.29, 0.717) is 6.42 Å². The lowest BCUT2D eigenvalue weighted by Gasteiger charge is -2.27. The number of aliphatic carboxylic acids is 1. The fourth-order valence-electron chi connectivity index (χ4n) is 4.06. The van der Waals surface area contributed by atoms with Crippen LogP contribution in [0.1, 0.15) is 60.3 Å². The van der Waals surface area contributed by atoms with Crippen LogP contribution in [-0.4, -0.2) is 112 Å². The van der Waals surface area contributed by atoms with Gasteiger partial charge in [-0.1, -0.05) is 39.5 Å². The van der Waals surface area contributed by atoms with E-state index < -0.39 is 108 Å². The normalized spacial score (nSPS) is 14.6. The van der Waals surface area contributed by atoms with Gasteiger partial charge in [0, 0.05) is 13.3 Å². The summed E-state index contributed by atoms with van der Waals surface area (Å²) in [5.74, 6) is -11.5. The molecular weight excluding hydrogens is 678 g/mol. The Bertz CT molecular complexity index is 1380. The highest BCUT2D eigenvalue weighted by Gasteiger charge is 2.34. The predicted molar refractivity (Wildman–Crippen MR) is 176 cm³/mol. The van der Waals surface area contributed by atoms with E-state index in [-0.39, 0.29) is 25.4 Å². The number of Topliss-reactive ketones (excluding diaryl/α,β-unsaturated/α-hetero) is 1. The number of carboxylic acids is 1. The van der Waals surface area contributed by atoms with Crippen molar-refractivity contribution in [2.45, 2.75) is 96.6 Å². The summed E-state index contributed by atoms with van der Waals surface area (Å²) in [5, 5.41) is 32.3. The monoisotopic (exact) mass is 725 g/mol. The molecule has 51 heavy (non-hydrogen) atoms. The third-order valence-corrected chi connectivity index (χ3v) is 7.09. The number of carbonyl (C=O) groups is 10. The van der Waals surface area contributed by atoms with Crippen LogP contribution in [0.25, 0.3) is 0 Å². The number of amides is 7. The molecule has 0 aliphatic carbocycles.